The number of likely N-dealkylation sites (N-methyl/N-ethyl adjacent to an activating group) is 1. The third-order valence-electron chi connectivity index (χ3n) is 3.42. The molecule has 0 aliphatic carbocycles. The molecule has 1 saturated heterocycles. The third kappa shape index (κ3) is 3.20. The average Bonchev–Trinajstić information content (AvgIpc) is 2.49. The molecule has 3 N–H and O–H groups in total. The fourth-order valence-electron chi connectivity index (χ4n) is 2.49. The van der Waals surface area contributed by atoms with Gasteiger partial charge in [0, 0.05) is 24.8 Å². The van der Waals surface area contributed by atoms with Crippen LogP contribution in [0.2, 0.25) is 0 Å². The summed E-state index contributed by atoms with van der Waals surface area (Å²) in [6.45, 7) is 7.11. The van der Waals surface area contributed by atoms with Gasteiger partial charge in [-0.3, -0.25) is 5.41 Å². The van der Waals surface area contributed by atoms with E-state index in [2.05, 4.69) is 33.7 Å². The molecule has 2 rings (SSSR count). The number of anilines is 1. The SMILES string of the molecule is Cc1cc(C(=N)N)nc(N2CCCN(C)CC2C)n1. The molecule has 1 atom stereocenters. The van der Waals surface area contributed by atoms with Crippen LogP contribution >= 0.6 is 0 Å². The Morgan fingerprint density at radius 2 is 2.16 bits per heavy atom. The Morgan fingerprint density at radius 1 is 1.42 bits per heavy atom. The molecule has 1 fully saturated rings. The van der Waals surface area contributed by atoms with Gasteiger partial charge in [-0.15, -0.1) is 0 Å². The van der Waals surface area contributed by atoms with Crippen molar-refractivity contribution in [3.8, 4) is 0 Å². The first-order valence-electron chi connectivity index (χ1n) is 6.62. The molecule has 0 amide bonds. The van der Waals surface area contributed by atoms with E-state index in [1.54, 1.807) is 6.07 Å². The Morgan fingerprint density at radius 3 is 2.84 bits per heavy atom. The van der Waals surface area contributed by atoms with Crippen LogP contribution in [0.25, 0.3) is 0 Å². The number of hydrogen-bond acceptors (Lipinski definition) is 5. The smallest absolute Gasteiger partial charge is 0.226 e. The number of amidine groups is 1. The predicted octanol–water partition coefficient (Wildman–Crippen LogP) is 0.599. The summed E-state index contributed by atoms with van der Waals surface area (Å²) in [6, 6.07) is 2.11. The number of nitrogen functional groups attached to an aromatic ring is 1. The van der Waals surface area contributed by atoms with Crippen molar-refractivity contribution in [3.05, 3.63) is 17.5 Å². The van der Waals surface area contributed by atoms with Crippen LogP contribution < -0.4 is 10.6 Å². The van der Waals surface area contributed by atoms with Crippen molar-refractivity contribution in [1.82, 2.24) is 14.9 Å². The number of hydrogen-bond donors (Lipinski definition) is 2. The van der Waals surface area contributed by atoms with Crippen LogP contribution in [0.5, 0.6) is 0 Å². The van der Waals surface area contributed by atoms with E-state index in [0.29, 0.717) is 17.7 Å². The molecule has 104 valence electrons. The molecule has 0 radical (unpaired) electrons. The number of aromatic nitrogens is 2. The highest BCUT2D eigenvalue weighted by Crippen LogP contribution is 2.17. The van der Waals surface area contributed by atoms with Crippen molar-refractivity contribution in [3.63, 3.8) is 0 Å². The summed E-state index contributed by atoms with van der Waals surface area (Å²) >= 11 is 0. The lowest BCUT2D eigenvalue weighted by Crippen LogP contribution is -2.39. The Kier molecular flexibility index (Phi) is 3.99. The Balaban J connectivity index is 2.31. The Hall–Kier alpha value is -1.69. The normalized spacial score (nSPS) is 21.2. The molecular weight excluding hydrogens is 240 g/mol. The van der Waals surface area contributed by atoms with E-state index in [1.807, 2.05) is 6.92 Å². The number of rotatable bonds is 2. The van der Waals surface area contributed by atoms with E-state index >= 15 is 0 Å². The highest BCUT2D eigenvalue weighted by molar-refractivity contribution is 5.93. The van der Waals surface area contributed by atoms with E-state index in [4.69, 9.17) is 11.1 Å². The molecule has 0 spiro atoms. The second-order valence-corrected chi connectivity index (χ2v) is 5.27. The monoisotopic (exact) mass is 262 g/mol. The number of aryl methyl sites for hydroxylation is 1. The largest absolute Gasteiger partial charge is 0.382 e. The van der Waals surface area contributed by atoms with Crippen molar-refractivity contribution in [1.29, 1.82) is 5.41 Å². The maximum absolute atomic E-state index is 7.53. The van der Waals surface area contributed by atoms with Crippen LogP contribution in [0.4, 0.5) is 5.95 Å². The molecule has 0 bridgehead atoms. The lowest BCUT2D eigenvalue weighted by atomic mass is 10.2. The lowest BCUT2D eigenvalue weighted by Gasteiger charge is -2.28. The number of nitrogens with two attached hydrogens (primary N) is 1. The maximum Gasteiger partial charge on any atom is 0.226 e. The molecule has 1 aromatic rings. The van der Waals surface area contributed by atoms with Gasteiger partial charge >= 0.3 is 0 Å². The van der Waals surface area contributed by atoms with Gasteiger partial charge in [-0.05, 0) is 39.9 Å². The van der Waals surface area contributed by atoms with Crippen molar-refractivity contribution < 1.29 is 0 Å². The minimum atomic E-state index is -0.00802. The van der Waals surface area contributed by atoms with Gasteiger partial charge in [-0.2, -0.15) is 0 Å². The highest BCUT2D eigenvalue weighted by Gasteiger charge is 2.22. The average molecular weight is 262 g/mol. The van der Waals surface area contributed by atoms with E-state index in [-0.39, 0.29) is 5.84 Å². The van der Waals surface area contributed by atoms with Crippen molar-refractivity contribution in [2.75, 3.05) is 31.6 Å². The Bertz CT molecular complexity index is 472. The summed E-state index contributed by atoms with van der Waals surface area (Å²) in [6.07, 6.45) is 1.09. The van der Waals surface area contributed by atoms with Gasteiger partial charge < -0.3 is 15.5 Å². The predicted molar refractivity (Wildman–Crippen MR) is 76.7 cm³/mol. The first-order valence-corrected chi connectivity index (χ1v) is 6.62. The van der Waals surface area contributed by atoms with Gasteiger partial charge in [-0.1, -0.05) is 0 Å². The van der Waals surface area contributed by atoms with Gasteiger partial charge in [-0.25, -0.2) is 9.97 Å². The van der Waals surface area contributed by atoms with Crippen LogP contribution in [-0.2, 0) is 0 Å². The van der Waals surface area contributed by atoms with Gasteiger partial charge in [0.2, 0.25) is 5.95 Å². The second kappa shape index (κ2) is 5.52. The molecule has 1 aliphatic rings. The summed E-state index contributed by atoms with van der Waals surface area (Å²) in [5.41, 5.74) is 6.89. The minimum absolute atomic E-state index is 0.00802. The third-order valence-corrected chi connectivity index (χ3v) is 3.42. The van der Waals surface area contributed by atoms with E-state index < -0.39 is 0 Å². The van der Waals surface area contributed by atoms with Crippen LogP contribution in [0.15, 0.2) is 6.07 Å². The van der Waals surface area contributed by atoms with Crippen molar-refractivity contribution in [2.45, 2.75) is 26.3 Å². The molecule has 0 saturated carbocycles. The summed E-state index contributed by atoms with van der Waals surface area (Å²) < 4.78 is 0. The quantitative estimate of drug-likeness (QED) is 0.602. The highest BCUT2D eigenvalue weighted by atomic mass is 15.3. The number of nitrogens with one attached hydrogen (secondary N) is 1. The standard InChI is InChI=1S/C13H22N6/c1-9-7-11(12(14)15)17-13(16-9)19-6-4-5-18(3)8-10(19)2/h7,10H,4-6,8H2,1-3H3,(H3,14,15). The van der Waals surface area contributed by atoms with Crippen molar-refractivity contribution >= 4 is 11.8 Å². The summed E-state index contributed by atoms with van der Waals surface area (Å²) in [7, 11) is 2.14. The van der Waals surface area contributed by atoms with Gasteiger partial charge in [0.25, 0.3) is 0 Å². The van der Waals surface area contributed by atoms with E-state index in [9.17, 15) is 0 Å². The van der Waals surface area contributed by atoms with Gasteiger partial charge in [0.1, 0.15) is 11.5 Å². The molecule has 2 heterocycles. The summed E-state index contributed by atoms with van der Waals surface area (Å²) in [5, 5.41) is 7.53. The van der Waals surface area contributed by atoms with Gasteiger partial charge in [0.15, 0.2) is 0 Å². The number of nitrogens with zero attached hydrogens (tertiary/aromatic N) is 4. The van der Waals surface area contributed by atoms with Crippen molar-refractivity contribution in [2.24, 2.45) is 5.73 Å². The second-order valence-electron chi connectivity index (χ2n) is 5.27. The fraction of sp³-hybridized carbons (Fsp3) is 0.615. The fourth-order valence-corrected chi connectivity index (χ4v) is 2.49. The molecule has 1 aliphatic heterocycles. The van der Waals surface area contributed by atoms with Crippen LogP contribution in [0.1, 0.15) is 24.7 Å². The molecule has 19 heavy (non-hydrogen) atoms. The minimum Gasteiger partial charge on any atom is -0.382 e. The molecule has 6 nitrogen and oxygen atoms in total. The maximum atomic E-state index is 7.53. The molecule has 1 aromatic heterocycles. The topological polar surface area (TPSA) is 82.1 Å². The zero-order valence-electron chi connectivity index (χ0n) is 11.8. The first kappa shape index (κ1) is 13.7. The van der Waals surface area contributed by atoms with Crippen LogP contribution in [0.3, 0.4) is 0 Å². The molecule has 6 heteroatoms. The van der Waals surface area contributed by atoms with E-state index in [0.717, 1.165) is 31.7 Å². The van der Waals surface area contributed by atoms with E-state index in [1.165, 1.54) is 0 Å². The Labute approximate surface area is 114 Å². The summed E-state index contributed by atoms with van der Waals surface area (Å²) in [5.74, 6) is 0.680. The first-order chi connectivity index (χ1) is 8.97. The summed E-state index contributed by atoms with van der Waals surface area (Å²) in [4.78, 5) is 13.5. The molecular formula is C13H22N6. The molecule has 1 unspecified atom stereocenters. The van der Waals surface area contributed by atoms with Crippen LogP contribution in [0, 0.1) is 12.3 Å². The molecule has 0 aromatic carbocycles. The van der Waals surface area contributed by atoms with Gasteiger partial charge in [0.05, 0.1) is 0 Å². The zero-order valence-corrected chi connectivity index (χ0v) is 11.8. The zero-order chi connectivity index (χ0) is 14.0. The lowest BCUT2D eigenvalue weighted by molar-refractivity contribution is 0.337. The van der Waals surface area contributed by atoms with Crippen LogP contribution in [-0.4, -0.2) is 53.4 Å².